The van der Waals surface area contributed by atoms with Crippen molar-refractivity contribution in [2.45, 2.75) is 27.2 Å². The molecule has 2 N–H and O–H groups in total. The Morgan fingerprint density at radius 2 is 1.75 bits per heavy atom. The molecule has 2 aromatic carbocycles. The largest absolute Gasteiger partial charge is 0.298 e. The van der Waals surface area contributed by atoms with Gasteiger partial charge in [0, 0.05) is 5.56 Å². The van der Waals surface area contributed by atoms with Crippen LogP contribution in [0.25, 0.3) is 0 Å². The Balaban J connectivity index is 2.00. The maximum Gasteiger partial charge on any atom is 0.269 e. The first kappa shape index (κ1) is 14.1. The minimum Gasteiger partial charge on any atom is -0.298 e. The van der Waals surface area contributed by atoms with Crippen LogP contribution in [0.1, 0.15) is 34.0 Å². The maximum atomic E-state index is 12.0. The number of carbonyl (C=O) groups is 1. The Labute approximate surface area is 120 Å². The third kappa shape index (κ3) is 3.38. The first-order valence-corrected chi connectivity index (χ1v) is 6.82. The van der Waals surface area contributed by atoms with Crippen LogP contribution in [0.2, 0.25) is 0 Å². The smallest absolute Gasteiger partial charge is 0.269 e. The summed E-state index contributed by atoms with van der Waals surface area (Å²) in [5, 5.41) is 0. The van der Waals surface area contributed by atoms with E-state index < -0.39 is 0 Å². The van der Waals surface area contributed by atoms with Crippen molar-refractivity contribution in [2.75, 3.05) is 5.43 Å². The Morgan fingerprint density at radius 1 is 1.05 bits per heavy atom. The Morgan fingerprint density at radius 3 is 2.35 bits per heavy atom. The fourth-order valence-electron chi connectivity index (χ4n) is 2.04. The molecule has 0 aromatic heterocycles. The van der Waals surface area contributed by atoms with Crippen molar-refractivity contribution in [1.82, 2.24) is 5.43 Å². The highest BCUT2D eigenvalue weighted by Gasteiger charge is 2.05. The molecule has 2 rings (SSSR count). The van der Waals surface area contributed by atoms with Gasteiger partial charge in [-0.3, -0.25) is 15.6 Å². The van der Waals surface area contributed by atoms with Gasteiger partial charge in [0.1, 0.15) is 0 Å². The summed E-state index contributed by atoms with van der Waals surface area (Å²) in [6.45, 7) is 6.15. The fraction of sp³-hybridized carbons (Fsp3) is 0.235. The third-order valence-electron chi connectivity index (χ3n) is 3.32. The van der Waals surface area contributed by atoms with Crippen LogP contribution in [0.4, 0.5) is 5.69 Å². The fourth-order valence-corrected chi connectivity index (χ4v) is 2.04. The summed E-state index contributed by atoms with van der Waals surface area (Å²) >= 11 is 0. The van der Waals surface area contributed by atoms with E-state index in [1.54, 1.807) is 0 Å². The Hall–Kier alpha value is -2.29. The molecule has 0 radical (unpaired) electrons. The molecule has 104 valence electrons. The van der Waals surface area contributed by atoms with Crippen molar-refractivity contribution in [1.29, 1.82) is 0 Å². The van der Waals surface area contributed by atoms with Gasteiger partial charge in [0.05, 0.1) is 5.69 Å². The number of rotatable bonds is 4. The summed E-state index contributed by atoms with van der Waals surface area (Å²) < 4.78 is 0. The monoisotopic (exact) mass is 268 g/mol. The molecular formula is C17H20N2O. The third-order valence-corrected chi connectivity index (χ3v) is 3.32. The van der Waals surface area contributed by atoms with Crippen molar-refractivity contribution < 1.29 is 4.79 Å². The molecule has 0 bridgehead atoms. The minimum absolute atomic E-state index is 0.132. The summed E-state index contributed by atoms with van der Waals surface area (Å²) in [5.74, 6) is -0.132. The van der Waals surface area contributed by atoms with Gasteiger partial charge in [0.25, 0.3) is 5.91 Å². The van der Waals surface area contributed by atoms with Gasteiger partial charge in [0.15, 0.2) is 0 Å². The number of hydrazine groups is 1. The average Bonchev–Trinajstić information content (AvgIpc) is 2.46. The van der Waals surface area contributed by atoms with Gasteiger partial charge in [-0.05, 0) is 49.6 Å². The predicted molar refractivity (Wildman–Crippen MR) is 82.8 cm³/mol. The number of benzene rings is 2. The van der Waals surface area contributed by atoms with E-state index in [0.29, 0.717) is 5.56 Å². The quantitative estimate of drug-likeness (QED) is 0.831. The van der Waals surface area contributed by atoms with E-state index in [-0.39, 0.29) is 5.91 Å². The summed E-state index contributed by atoms with van der Waals surface area (Å²) in [6.07, 6.45) is 0.975. The SMILES string of the molecule is CCc1ccc(C(=O)NNc2ccc(C)cc2C)cc1. The summed E-state index contributed by atoms with van der Waals surface area (Å²) in [6, 6.07) is 13.7. The topological polar surface area (TPSA) is 41.1 Å². The van der Waals surface area contributed by atoms with Crippen LogP contribution in [0, 0.1) is 13.8 Å². The van der Waals surface area contributed by atoms with Crippen molar-refractivity contribution in [3.05, 3.63) is 64.7 Å². The lowest BCUT2D eigenvalue weighted by molar-refractivity contribution is 0.0962. The van der Waals surface area contributed by atoms with Crippen LogP contribution >= 0.6 is 0 Å². The number of hydrogen-bond donors (Lipinski definition) is 2. The molecule has 0 aliphatic rings. The zero-order valence-corrected chi connectivity index (χ0v) is 12.2. The number of nitrogens with one attached hydrogen (secondary N) is 2. The second-order valence-corrected chi connectivity index (χ2v) is 4.95. The van der Waals surface area contributed by atoms with Gasteiger partial charge in [-0.25, -0.2) is 0 Å². The number of aryl methyl sites for hydroxylation is 3. The molecule has 0 heterocycles. The molecule has 20 heavy (non-hydrogen) atoms. The van der Waals surface area contributed by atoms with E-state index in [9.17, 15) is 4.79 Å². The first-order valence-electron chi connectivity index (χ1n) is 6.82. The van der Waals surface area contributed by atoms with Crippen molar-refractivity contribution in [3.8, 4) is 0 Å². The molecule has 2 aromatic rings. The average molecular weight is 268 g/mol. The highest BCUT2D eigenvalue weighted by Crippen LogP contribution is 2.15. The number of amides is 1. The Kier molecular flexibility index (Phi) is 4.41. The normalized spacial score (nSPS) is 10.2. The van der Waals surface area contributed by atoms with Crippen LogP contribution < -0.4 is 10.9 Å². The summed E-state index contributed by atoms with van der Waals surface area (Å²) in [5.41, 5.74) is 10.8. The lowest BCUT2D eigenvalue weighted by atomic mass is 10.1. The van der Waals surface area contributed by atoms with Crippen LogP contribution in [-0.4, -0.2) is 5.91 Å². The maximum absolute atomic E-state index is 12.0. The number of anilines is 1. The molecule has 0 spiro atoms. The van der Waals surface area contributed by atoms with Gasteiger partial charge in [-0.2, -0.15) is 0 Å². The molecule has 0 aliphatic carbocycles. The molecule has 1 amide bonds. The molecule has 0 unspecified atom stereocenters. The molecular weight excluding hydrogens is 248 g/mol. The van der Waals surface area contributed by atoms with Crippen LogP contribution in [0.15, 0.2) is 42.5 Å². The zero-order valence-electron chi connectivity index (χ0n) is 12.2. The number of carbonyl (C=O) groups excluding carboxylic acids is 1. The lowest BCUT2D eigenvalue weighted by Gasteiger charge is -2.11. The second-order valence-electron chi connectivity index (χ2n) is 4.95. The molecule has 0 atom stereocenters. The Bertz CT molecular complexity index is 603. The van der Waals surface area contributed by atoms with Crippen molar-refractivity contribution >= 4 is 11.6 Å². The second kappa shape index (κ2) is 6.24. The van der Waals surface area contributed by atoms with Crippen LogP contribution in [0.3, 0.4) is 0 Å². The van der Waals surface area contributed by atoms with E-state index in [1.165, 1.54) is 11.1 Å². The van der Waals surface area contributed by atoms with Crippen LogP contribution in [0.5, 0.6) is 0 Å². The summed E-state index contributed by atoms with van der Waals surface area (Å²) in [7, 11) is 0. The minimum atomic E-state index is -0.132. The molecule has 0 saturated carbocycles. The van der Waals surface area contributed by atoms with E-state index >= 15 is 0 Å². The summed E-state index contributed by atoms with van der Waals surface area (Å²) in [4.78, 5) is 12.0. The predicted octanol–water partition coefficient (Wildman–Crippen LogP) is 3.62. The molecule has 0 fully saturated rings. The molecule has 3 heteroatoms. The molecule has 3 nitrogen and oxygen atoms in total. The van der Waals surface area contributed by atoms with Gasteiger partial charge in [-0.1, -0.05) is 36.8 Å². The zero-order chi connectivity index (χ0) is 14.5. The molecule has 0 aliphatic heterocycles. The van der Waals surface area contributed by atoms with Crippen LogP contribution in [-0.2, 0) is 6.42 Å². The van der Waals surface area contributed by atoms with E-state index in [0.717, 1.165) is 17.7 Å². The van der Waals surface area contributed by atoms with E-state index in [2.05, 4.69) is 23.8 Å². The van der Waals surface area contributed by atoms with Gasteiger partial charge in [0.2, 0.25) is 0 Å². The highest BCUT2D eigenvalue weighted by molar-refractivity contribution is 5.94. The van der Waals surface area contributed by atoms with Gasteiger partial charge < -0.3 is 0 Å². The number of hydrogen-bond acceptors (Lipinski definition) is 2. The highest BCUT2D eigenvalue weighted by atomic mass is 16.2. The first-order chi connectivity index (χ1) is 9.60. The lowest BCUT2D eigenvalue weighted by Crippen LogP contribution is -2.29. The standard InChI is InChI=1S/C17H20N2O/c1-4-14-6-8-15(9-7-14)17(20)19-18-16-10-5-12(2)11-13(16)3/h5-11,18H,4H2,1-3H3,(H,19,20). The van der Waals surface area contributed by atoms with Gasteiger partial charge >= 0.3 is 0 Å². The van der Waals surface area contributed by atoms with Crippen molar-refractivity contribution in [2.24, 2.45) is 0 Å². The van der Waals surface area contributed by atoms with Gasteiger partial charge in [-0.15, -0.1) is 0 Å². The molecule has 0 saturated heterocycles. The van der Waals surface area contributed by atoms with Crippen molar-refractivity contribution in [3.63, 3.8) is 0 Å². The van der Waals surface area contributed by atoms with E-state index in [4.69, 9.17) is 0 Å². The van der Waals surface area contributed by atoms with E-state index in [1.807, 2.05) is 50.2 Å².